The summed E-state index contributed by atoms with van der Waals surface area (Å²) in [4.78, 5) is 23.4. The highest BCUT2D eigenvalue weighted by atomic mass is 16.2. The second kappa shape index (κ2) is 8.58. The monoisotopic (exact) mass is 344 g/mol. The Morgan fingerprint density at radius 3 is 2.42 bits per heavy atom. The van der Waals surface area contributed by atoms with Gasteiger partial charge in [0.2, 0.25) is 5.95 Å². The lowest BCUT2D eigenvalue weighted by atomic mass is 10.2. The Bertz CT molecular complexity index is 865. The largest absolute Gasteiger partial charge is 0.351 e. The van der Waals surface area contributed by atoms with Gasteiger partial charge < -0.3 is 10.2 Å². The average molecular weight is 344 g/mol. The van der Waals surface area contributed by atoms with Crippen LogP contribution in [0.3, 0.4) is 0 Å². The van der Waals surface area contributed by atoms with Gasteiger partial charge in [-0.2, -0.15) is 0 Å². The minimum absolute atomic E-state index is 0.177. The Kier molecular flexibility index (Phi) is 5.72. The smallest absolute Gasteiger partial charge is 0.277 e. The zero-order valence-corrected chi connectivity index (χ0v) is 14.4. The molecule has 1 amide bonds. The highest BCUT2D eigenvalue weighted by molar-refractivity contribution is 6.04. The Hall–Kier alpha value is -3.47. The molecule has 0 aliphatic carbocycles. The van der Waals surface area contributed by atoms with Crippen LogP contribution in [0.1, 0.15) is 16.1 Å². The first kappa shape index (κ1) is 17.4. The van der Waals surface area contributed by atoms with Crippen LogP contribution in [0.15, 0.2) is 85.6 Å². The predicted molar refractivity (Wildman–Crippen MR) is 104 cm³/mol. The Morgan fingerprint density at radius 2 is 1.73 bits per heavy atom. The van der Waals surface area contributed by atoms with E-state index in [1.807, 2.05) is 60.7 Å². The maximum atomic E-state index is 13.2. The molecule has 3 rings (SSSR count). The van der Waals surface area contributed by atoms with Crippen molar-refractivity contribution in [1.29, 1.82) is 0 Å². The van der Waals surface area contributed by atoms with Crippen LogP contribution in [0.5, 0.6) is 0 Å². The van der Waals surface area contributed by atoms with Crippen molar-refractivity contribution >= 4 is 17.5 Å². The molecule has 0 saturated carbocycles. The van der Waals surface area contributed by atoms with E-state index in [2.05, 4.69) is 21.9 Å². The summed E-state index contributed by atoms with van der Waals surface area (Å²) >= 11 is 0. The number of para-hydroxylation sites is 1. The number of benzene rings is 2. The molecule has 2 aromatic carbocycles. The zero-order chi connectivity index (χ0) is 18.2. The molecule has 0 unspecified atom stereocenters. The number of aromatic nitrogens is 2. The van der Waals surface area contributed by atoms with Crippen LogP contribution in [0.4, 0.5) is 11.6 Å². The van der Waals surface area contributed by atoms with Crippen LogP contribution in [0.25, 0.3) is 0 Å². The summed E-state index contributed by atoms with van der Waals surface area (Å²) in [7, 11) is 0. The third-order valence-corrected chi connectivity index (χ3v) is 3.78. The Balaban J connectivity index is 1.91. The number of carbonyl (C=O) groups excluding carboxylic acids is 1. The molecule has 1 N–H and O–H groups in total. The molecule has 0 radical (unpaired) electrons. The summed E-state index contributed by atoms with van der Waals surface area (Å²) < 4.78 is 0. The summed E-state index contributed by atoms with van der Waals surface area (Å²) in [6.45, 7) is 4.65. The van der Waals surface area contributed by atoms with Gasteiger partial charge in [0.15, 0.2) is 0 Å². The summed E-state index contributed by atoms with van der Waals surface area (Å²) in [5.74, 6) is 0.229. The maximum absolute atomic E-state index is 13.2. The van der Waals surface area contributed by atoms with Gasteiger partial charge in [0.05, 0.1) is 6.54 Å². The fraction of sp³-hybridized carbons (Fsp3) is 0.0952. The molecule has 1 aromatic heterocycles. The molecule has 1 heterocycles. The number of hydrogen-bond donors (Lipinski definition) is 1. The number of nitrogens with zero attached hydrogens (tertiary/aromatic N) is 3. The number of amides is 1. The van der Waals surface area contributed by atoms with Gasteiger partial charge in [0.1, 0.15) is 5.69 Å². The van der Waals surface area contributed by atoms with Crippen LogP contribution >= 0.6 is 0 Å². The van der Waals surface area contributed by atoms with Crippen molar-refractivity contribution in [2.45, 2.75) is 6.54 Å². The van der Waals surface area contributed by atoms with E-state index in [9.17, 15) is 4.79 Å². The first-order valence-electron chi connectivity index (χ1n) is 8.36. The van der Waals surface area contributed by atoms with E-state index in [0.29, 0.717) is 24.7 Å². The summed E-state index contributed by atoms with van der Waals surface area (Å²) in [6, 6.07) is 21.1. The standard InChI is InChI=1S/C21H20N4O/c1-2-14-22-21-23-15-13-19(24-21)20(26)25(18-11-7-4-8-12-18)16-17-9-5-3-6-10-17/h2-13,15H,1,14,16H2,(H,22,23,24). The SMILES string of the molecule is C=CCNc1nccc(C(=O)N(Cc2ccccc2)c2ccccc2)n1. The average Bonchev–Trinajstić information content (AvgIpc) is 2.71. The van der Waals surface area contributed by atoms with Gasteiger partial charge in [-0.25, -0.2) is 9.97 Å². The molecular weight excluding hydrogens is 324 g/mol. The normalized spacial score (nSPS) is 10.2. The fourth-order valence-corrected chi connectivity index (χ4v) is 2.52. The molecule has 5 heteroatoms. The molecular formula is C21H20N4O. The van der Waals surface area contributed by atoms with Crippen LogP contribution < -0.4 is 10.2 Å². The van der Waals surface area contributed by atoms with Crippen molar-refractivity contribution in [3.05, 3.63) is 96.8 Å². The minimum atomic E-state index is -0.177. The number of hydrogen-bond acceptors (Lipinski definition) is 4. The molecule has 130 valence electrons. The predicted octanol–water partition coefficient (Wildman–Crippen LogP) is 3.92. The third-order valence-electron chi connectivity index (χ3n) is 3.78. The summed E-state index contributed by atoms with van der Waals surface area (Å²) in [5.41, 5.74) is 2.20. The Labute approximate surface area is 153 Å². The van der Waals surface area contributed by atoms with E-state index >= 15 is 0 Å². The fourth-order valence-electron chi connectivity index (χ4n) is 2.52. The molecule has 0 atom stereocenters. The Morgan fingerprint density at radius 1 is 1.04 bits per heavy atom. The molecule has 0 aliphatic heterocycles. The molecule has 3 aromatic rings. The molecule has 0 bridgehead atoms. The first-order chi connectivity index (χ1) is 12.8. The maximum Gasteiger partial charge on any atom is 0.277 e. The molecule has 0 spiro atoms. The number of rotatable bonds is 7. The highest BCUT2D eigenvalue weighted by Gasteiger charge is 2.20. The van der Waals surface area contributed by atoms with Gasteiger partial charge in [-0.3, -0.25) is 4.79 Å². The summed E-state index contributed by atoms with van der Waals surface area (Å²) in [6.07, 6.45) is 3.29. The second-order valence-electron chi connectivity index (χ2n) is 5.65. The highest BCUT2D eigenvalue weighted by Crippen LogP contribution is 2.19. The topological polar surface area (TPSA) is 58.1 Å². The van der Waals surface area contributed by atoms with Crippen molar-refractivity contribution in [1.82, 2.24) is 9.97 Å². The zero-order valence-electron chi connectivity index (χ0n) is 14.4. The summed E-state index contributed by atoms with van der Waals surface area (Å²) in [5, 5.41) is 3.01. The molecule has 0 aliphatic rings. The van der Waals surface area contributed by atoms with Gasteiger partial charge >= 0.3 is 0 Å². The molecule has 5 nitrogen and oxygen atoms in total. The van der Waals surface area contributed by atoms with Crippen molar-refractivity contribution in [2.24, 2.45) is 0 Å². The van der Waals surface area contributed by atoms with Crippen LogP contribution in [-0.2, 0) is 6.54 Å². The van der Waals surface area contributed by atoms with Gasteiger partial charge in [-0.05, 0) is 23.8 Å². The van der Waals surface area contributed by atoms with E-state index in [0.717, 1.165) is 11.3 Å². The van der Waals surface area contributed by atoms with Crippen molar-refractivity contribution in [3.63, 3.8) is 0 Å². The van der Waals surface area contributed by atoms with E-state index in [1.54, 1.807) is 23.2 Å². The van der Waals surface area contributed by atoms with E-state index in [4.69, 9.17) is 0 Å². The van der Waals surface area contributed by atoms with E-state index in [1.165, 1.54) is 0 Å². The van der Waals surface area contributed by atoms with Crippen molar-refractivity contribution < 1.29 is 4.79 Å². The van der Waals surface area contributed by atoms with E-state index < -0.39 is 0 Å². The quantitative estimate of drug-likeness (QED) is 0.660. The van der Waals surface area contributed by atoms with Gasteiger partial charge in [-0.15, -0.1) is 6.58 Å². The molecule has 0 fully saturated rings. The van der Waals surface area contributed by atoms with Crippen LogP contribution in [0, 0.1) is 0 Å². The lowest BCUT2D eigenvalue weighted by Gasteiger charge is -2.23. The van der Waals surface area contributed by atoms with Crippen LogP contribution in [-0.4, -0.2) is 22.4 Å². The van der Waals surface area contributed by atoms with Crippen LogP contribution in [0.2, 0.25) is 0 Å². The van der Waals surface area contributed by atoms with Crippen molar-refractivity contribution in [2.75, 3.05) is 16.8 Å². The van der Waals surface area contributed by atoms with E-state index in [-0.39, 0.29) is 5.91 Å². The number of carbonyl (C=O) groups is 1. The van der Waals surface area contributed by atoms with Gasteiger partial charge in [-0.1, -0.05) is 54.6 Å². The first-order valence-corrected chi connectivity index (χ1v) is 8.36. The van der Waals surface area contributed by atoms with Crippen molar-refractivity contribution in [3.8, 4) is 0 Å². The molecule has 0 saturated heterocycles. The number of nitrogens with one attached hydrogen (secondary N) is 1. The second-order valence-corrected chi connectivity index (χ2v) is 5.65. The van der Waals surface area contributed by atoms with Gasteiger partial charge in [0, 0.05) is 18.4 Å². The molecule has 26 heavy (non-hydrogen) atoms. The number of anilines is 2. The van der Waals surface area contributed by atoms with Gasteiger partial charge in [0.25, 0.3) is 5.91 Å². The minimum Gasteiger partial charge on any atom is -0.351 e. The lowest BCUT2D eigenvalue weighted by molar-refractivity contribution is 0.0980. The third kappa shape index (κ3) is 4.33. The lowest BCUT2D eigenvalue weighted by Crippen LogP contribution is -2.31.